The number of halogens is 2. The van der Waals surface area contributed by atoms with Gasteiger partial charge in [-0.1, -0.05) is 12.1 Å². The normalized spacial score (nSPS) is 23.4. The minimum atomic E-state index is -2.80. The van der Waals surface area contributed by atoms with Gasteiger partial charge in [0.1, 0.15) is 17.7 Å². The summed E-state index contributed by atoms with van der Waals surface area (Å²) in [5.41, 5.74) is 0.992. The van der Waals surface area contributed by atoms with Crippen LogP contribution in [0, 0.1) is 0 Å². The molecule has 1 aliphatic carbocycles. The van der Waals surface area contributed by atoms with E-state index < -0.39 is 18.6 Å². The largest absolute Gasteiger partial charge is 0.465 e. The molecular formula is C27H32F2N8O4. The molecule has 1 saturated carbocycles. The summed E-state index contributed by atoms with van der Waals surface area (Å²) < 4.78 is 35.1. The molecule has 3 aliphatic rings. The molecule has 1 aromatic carbocycles. The average molecular weight is 571 g/mol. The second-order valence-electron chi connectivity index (χ2n) is 10.6. The third-order valence-corrected chi connectivity index (χ3v) is 8.05. The fourth-order valence-electron chi connectivity index (χ4n) is 6.05. The molecule has 1 atom stereocenters. The summed E-state index contributed by atoms with van der Waals surface area (Å²) in [6.45, 7) is 2.86. The Balaban J connectivity index is 1.24. The number of nitrogens with zero attached hydrogens (tertiary/aromatic N) is 6. The molecule has 2 saturated heterocycles. The van der Waals surface area contributed by atoms with Crippen LogP contribution in [0.2, 0.25) is 0 Å². The zero-order valence-corrected chi connectivity index (χ0v) is 22.4. The number of amides is 2. The Morgan fingerprint density at radius 2 is 1.73 bits per heavy atom. The zero-order chi connectivity index (χ0) is 28.5. The number of carboxylic acid groups (broad SMARTS) is 1. The second kappa shape index (κ2) is 11.4. The Hall–Kier alpha value is -4.07. The summed E-state index contributed by atoms with van der Waals surface area (Å²) in [7, 11) is 0. The third kappa shape index (κ3) is 5.60. The molecule has 0 spiro atoms. The number of carbonyl (C=O) groups excluding carboxylic acids is 1. The first-order valence-corrected chi connectivity index (χ1v) is 13.9. The van der Waals surface area contributed by atoms with Crippen molar-refractivity contribution in [1.82, 2.24) is 29.7 Å². The van der Waals surface area contributed by atoms with Gasteiger partial charge in [-0.3, -0.25) is 9.36 Å². The van der Waals surface area contributed by atoms with Crippen LogP contribution in [-0.4, -0.2) is 92.5 Å². The molecule has 0 unspecified atom stereocenters. The van der Waals surface area contributed by atoms with E-state index in [1.54, 1.807) is 35.2 Å². The number of aromatic nitrogens is 4. The van der Waals surface area contributed by atoms with E-state index in [9.17, 15) is 18.4 Å². The Bertz CT molecular complexity index is 1420. The van der Waals surface area contributed by atoms with Gasteiger partial charge in [0.25, 0.3) is 6.43 Å². The number of morpholine rings is 1. The van der Waals surface area contributed by atoms with Crippen molar-refractivity contribution in [3.05, 3.63) is 36.2 Å². The number of hydrogen-bond donors (Lipinski definition) is 3. The number of likely N-dealkylation sites (tertiary alicyclic amines) is 1. The Morgan fingerprint density at radius 3 is 2.46 bits per heavy atom. The van der Waals surface area contributed by atoms with Gasteiger partial charge in [0, 0.05) is 37.8 Å². The number of rotatable bonds is 7. The van der Waals surface area contributed by atoms with Crippen LogP contribution in [0.4, 0.5) is 25.3 Å². The maximum absolute atomic E-state index is 14.1. The van der Waals surface area contributed by atoms with Crippen molar-refractivity contribution in [2.45, 2.75) is 56.7 Å². The average Bonchev–Trinajstić information content (AvgIpc) is 3.54. The number of imidazole rings is 1. The zero-order valence-electron chi connectivity index (χ0n) is 22.4. The molecule has 3 fully saturated rings. The van der Waals surface area contributed by atoms with Gasteiger partial charge in [0.15, 0.2) is 5.82 Å². The monoisotopic (exact) mass is 570 g/mol. The molecule has 2 aromatic heterocycles. The highest BCUT2D eigenvalue weighted by atomic mass is 19.3. The van der Waals surface area contributed by atoms with Crippen molar-refractivity contribution in [2.75, 3.05) is 43.1 Å². The number of benzene rings is 1. The fourth-order valence-corrected chi connectivity index (χ4v) is 6.05. The smallest absolute Gasteiger partial charge is 0.405 e. The molecule has 0 bridgehead atoms. The molecular weight excluding hydrogens is 538 g/mol. The van der Waals surface area contributed by atoms with Crippen molar-refractivity contribution in [3.8, 4) is 5.82 Å². The highest BCUT2D eigenvalue weighted by molar-refractivity contribution is 5.87. The number of fused-ring (bicyclic) bond motifs is 1. The molecule has 14 heteroatoms. The first kappa shape index (κ1) is 27.1. The standard InChI is InChI=1S/C27H32F2N8O4/c28-23(29)24-31-18-3-1-2-4-20(18)37(24)22-15-21(35-11-13-41-14-12-35)33-26(34-22)30-16-5-7-17(8-6-16)36-10-9-19(25(36)38)32-27(39)40/h1-4,15-17,19,23,32H,5-14H2,(H,39,40)(H,30,33,34)/t16-,17-,19-/m1/s1. The van der Waals surface area contributed by atoms with E-state index in [1.165, 1.54) is 4.57 Å². The van der Waals surface area contributed by atoms with Crippen LogP contribution in [0.5, 0.6) is 0 Å². The van der Waals surface area contributed by atoms with Gasteiger partial charge in [-0.2, -0.15) is 9.97 Å². The highest BCUT2D eigenvalue weighted by Crippen LogP contribution is 2.31. The predicted octanol–water partition coefficient (Wildman–Crippen LogP) is 3.18. The lowest BCUT2D eigenvalue weighted by Crippen LogP contribution is -2.46. The molecule has 6 rings (SSSR count). The number of hydrogen-bond acceptors (Lipinski definition) is 8. The molecule has 4 heterocycles. The lowest BCUT2D eigenvalue weighted by molar-refractivity contribution is -0.131. The van der Waals surface area contributed by atoms with Crippen LogP contribution in [0.25, 0.3) is 16.9 Å². The molecule has 12 nitrogen and oxygen atoms in total. The quantitative estimate of drug-likeness (QED) is 0.391. The van der Waals surface area contributed by atoms with Crippen molar-refractivity contribution >= 4 is 34.8 Å². The SMILES string of the molecule is O=C(O)N[C@@H]1CCN([C@H]2CC[C@H](Nc3nc(N4CCOCC4)cc(-n4c(C(F)F)nc5ccccc54)n3)CC2)C1=O. The van der Waals surface area contributed by atoms with Crippen molar-refractivity contribution in [1.29, 1.82) is 0 Å². The van der Waals surface area contributed by atoms with E-state index in [1.807, 2.05) is 0 Å². The topological polar surface area (TPSA) is 138 Å². The molecule has 218 valence electrons. The van der Waals surface area contributed by atoms with Gasteiger partial charge in [0.05, 0.1) is 24.2 Å². The van der Waals surface area contributed by atoms with E-state index in [4.69, 9.17) is 14.8 Å². The van der Waals surface area contributed by atoms with Crippen LogP contribution in [-0.2, 0) is 9.53 Å². The molecule has 41 heavy (non-hydrogen) atoms. The maximum atomic E-state index is 14.1. The van der Waals surface area contributed by atoms with Gasteiger partial charge in [0.2, 0.25) is 11.9 Å². The molecule has 3 N–H and O–H groups in total. The summed E-state index contributed by atoms with van der Waals surface area (Å²) in [5, 5.41) is 14.7. The predicted molar refractivity (Wildman–Crippen MR) is 146 cm³/mol. The minimum Gasteiger partial charge on any atom is -0.465 e. The van der Waals surface area contributed by atoms with E-state index in [0.29, 0.717) is 67.9 Å². The number of anilines is 2. The minimum absolute atomic E-state index is 0.0267. The third-order valence-electron chi connectivity index (χ3n) is 8.05. The molecule has 0 radical (unpaired) electrons. The summed E-state index contributed by atoms with van der Waals surface area (Å²) >= 11 is 0. The fraction of sp³-hybridized carbons (Fsp3) is 0.519. The Labute approximate surface area is 234 Å². The van der Waals surface area contributed by atoms with Crippen molar-refractivity contribution in [3.63, 3.8) is 0 Å². The number of ether oxygens (including phenoxy) is 1. The lowest BCUT2D eigenvalue weighted by atomic mass is 9.90. The van der Waals surface area contributed by atoms with Crippen molar-refractivity contribution in [2.24, 2.45) is 0 Å². The highest BCUT2D eigenvalue weighted by Gasteiger charge is 2.38. The summed E-state index contributed by atoms with van der Waals surface area (Å²) in [6.07, 6.45) is -0.514. The van der Waals surface area contributed by atoms with Crippen LogP contribution < -0.4 is 15.5 Å². The second-order valence-corrected chi connectivity index (χ2v) is 10.6. The Morgan fingerprint density at radius 1 is 1.00 bits per heavy atom. The number of nitrogens with one attached hydrogen (secondary N) is 2. The molecule has 3 aromatic rings. The van der Waals surface area contributed by atoms with Gasteiger partial charge in [-0.25, -0.2) is 18.6 Å². The number of alkyl halides is 2. The van der Waals surface area contributed by atoms with E-state index in [0.717, 1.165) is 25.7 Å². The van der Waals surface area contributed by atoms with Gasteiger partial charge in [-0.05, 0) is 44.2 Å². The van der Waals surface area contributed by atoms with Crippen LogP contribution >= 0.6 is 0 Å². The molecule has 2 amide bonds. The van der Waals surface area contributed by atoms with Crippen LogP contribution in [0.1, 0.15) is 44.4 Å². The van der Waals surface area contributed by atoms with E-state index in [-0.39, 0.29) is 23.8 Å². The maximum Gasteiger partial charge on any atom is 0.405 e. The summed E-state index contributed by atoms with van der Waals surface area (Å²) in [6, 6.07) is 8.09. The van der Waals surface area contributed by atoms with Crippen LogP contribution in [0.15, 0.2) is 30.3 Å². The number of para-hydroxylation sites is 2. The first-order chi connectivity index (χ1) is 19.9. The first-order valence-electron chi connectivity index (χ1n) is 13.9. The number of carbonyl (C=O) groups is 2. The summed E-state index contributed by atoms with van der Waals surface area (Å²) in [4.78, 5) is 41.2. The van der Waals surface area contributed by atoms with Crippen molar-refractivity contribution < 1.29 is 28.2 Å². The summed E-state index contributed by atoms with van der Waals surface area (Å²) in [5.74, 6) is 0.717. The van der Waals surface area contributed by atoms with E-state index in [2.05, 4.69) is 25.5 Å². The van der Waals surface area contributed by atoms with E-state index >= 15 is 0 Å². The van der Waals surface area contributed by atoms with Gasteiger partial charge in [-0.15, -0.1) is 0 Å². The molecule has 2 aliphatic heterocycles. The van der Waals surface area contributed by atoms with Crippen LogP contribution in [0.3, 0.4) is 0 Å². The van der Waals surface area contributed by atoms with Gasteiger partial charge < -0.3 is 30.3 Å². The lowest BCUT2D eigenvalue weighted by Gasteiger charge is -2.35. The van der Waals surface area contributed by atoms with Gasteiger partial charge >= 0.3 is 6.09 Å². The Kier molecular flexibility index (Phi) is 7.56.